The number of nitrogens with zero attached hydrogens (tertiary/aromatic N) is 1. The van der Waals surface area contributed by atoms with Crippen molar-refractivity contribution in [3.05, 3.63) is 30.1 Å². The van der Waals surface area contributed by atoms with Crippen molar-refractivity contribution in [2.75, 3.05) is 0 Å². The van der Waals surface area contributed by atoms with E-state index in [4.69, 9.17) is 0 Å². The standard InChI is InChI=1S/C18H31N/c1-18(2,3)15-11-8-6-4-5-7-9-13-17-14-10-12-16-19-17/h10,12,14,16H,4-9,11,13,15H2,1-3H3. The van der Waals surface area contributed by atoms with E-state index < -0.39 is 0 Å². The minimum absolute atomic E-state index is 0.517. The highest BCUT2D eigenvalue weighted by molar-refractivity contribution is 5.03. The van der Waals surface area contributed by atoms with Gasteiger partial charge in [-0.25, -0.2) is 0 Å². The molecule has 1 heteroatoms. The maximum absolute atomic E-state index is 4.36. The van der Waals surface area contributed by atoms with E-state index in [2.05, 4.69) is 37.9 Å². The second kappa shape index (κ2) is 9.12. The molecule has 0 fully saturated rings. The van der Waals surface area contributed by atoms with Crippen molar-refractivity contribution in [1.29, 1.82) is 0 Å². The van der Waals surface area contributed by atoms with Gasteiger partial charge in [0.15, 0.2) is 0 Å². The minimum atomic E-state index is 0.517. The SMILES string of the molecule is CC(C)(C)CCCCCCCCCc1ccccn1. The molecule has 1 rings (SSSR count). The molecule has 0 amide bonds. The summed E-state index contributed by atoms with van der Waals surface area (Å²) in [5.41, 5.74) is 1.76. The summed E-state index contributed by atoms with van der Waals surface area (Å²) in [5, 5.41) is 0. The average molecular weight is 261 g/mol. The molecule has 0 aliphatic heterocycles. The molecule has 0 aliphatic rings. The van der Waals surface area contributed by atoms with Crippen molar-refractivity contribution in [3.63, 3.8) is 0 Å². The van der Waals surface area contributed by atoms with Gasteiger partial charge in [-0.15, -0.1) is 0 Å². The average Bonchev–Trinajstić information content (AvgIpc) is 2.37. The lowest BCUT2D eigenvalue weighted by Crippen LogP contribution is -2.03. The van der Waals surface area contributed by atoms with E-state index in [1.54, 1.807) is 0 Å². The van der Waals surface area contributed by atoms with Crippen LogP contribution in [0.25, 0.3) is 0 Å². The Morgan fingerprint density at radius 1 is 0.842 bits per heavy atom. The van der Waals surface area contributed by atoms with Gasteiger partial charge in [-0.3, -0.25) is 4.98 Å². The number of hydrogen-bond acceptors (Lipinski definition) is 1. The fourth-order valence-electron chi connectivity index (χ4n) is 2.39. The van der Waals surface area contributed by atoms with Gasteiger partial charge in [-0.2, -0.15) is 0 Å². The molecular weight excluding hydrogens is 230 g/mol. The van der Waals surface area contributed by atoms with Gasteiger partial charge in [-0.05, 0) is 36.8 Å². The maximum atomic E-state index is 4.36. The van der Waals surface area contributed by atoms with Crippen LogP contribution in [-0.2, 0) is 6.42 Å². The topological polar surface area (TPSA) is 12.9 Å². The molecule has 0 N–H and O–H groups in total. The summed E-state index contributed by atoms with van der Waals surface area (Å²) in [5.74, 6) is 0. The third-order valence-electron chi connectivity index (χ3n) is 3.59. The summed E-state index contributed by atoms with van der Waals surface area (Å²) in [6.45, 7) is 7.01. The summed E-state index contributed by atoms with van der Waals surface area (Å²) in [6, 6.07) is 6.20. The molecule has 0 unspecified atom stereocenters. The normalized spacial score (nSPS) is 11.7. The summed E-state index contributed by atoms with van der Waals surface area (Å²) >= 11 is 0. The summed E-state index contributed by atoms with van der Waals surface area (Å²) in [6.07, 6.45) is 14.1. The van der Waals surface area contributed by atoms with Crippen LogP contribution >= 0.6 is 0 Å². The predicted molar refractivity (Wildman–Crippen MR) is 84.3 cm³/mol. The quantitative estimate of drug-likeness (QED) is 0.513. The molecule has 0 aromatic carbocycles. The molecule has 0 spiro atoms. The van der Waals surface area contributed by atoms with Crippen LogP contribution in [0.15, 0.2) is 24.4 Å². The van der Waals surface area contributed by atoms with Crippen LogP contribution in [0.2, 0.25) is 0 Å². The van der Waals surface area contributed by atoms with Gasteiger partial charge in [0, 0.05) is 11.9 Å². The molecule has 0 radical (unpaired) electrons. The van der Waals surface area contributed by atoms with Crippen molar-refractivity contribution >= 4 is 0 Å². The molecular formula is C18H31N. The molecule has 1 nitrogen and oxygen atoms in total. The van der Waals surface area contributed by atoms with Crippen molar-refractivity contribution < 1.29 is 0 Å². The van der Waals surface area contributed by atoms with Gasteiger partial charge in [0.1, 0.15) is 0 Å². The second-order valence-corrected chi connectivity index (χ2v) is 6.86. The summed E-state index contributed by atoms with van der Waals surface area (Å²) in [7, 11) is 0. The number of pyridine rings is 1. The zero-order valence-corrected chi connectivity index (χ0v) is 13.1. The monoisotopic (exact) mass is 261 g/mol. The Morgan fingerprint density at radius 2 is 1.47 bits per heavy atom. The Balaban J connectivity index is 1.87. The van der Waals surface area contributed by atoms with E-state index >= 15 is 0 Å². The van der Waals surface area contributed by atoms with Crippen molar-refractivity contribution in [2.45, 2.75) is 78.6 Å². The maximum Gasteiger partial charge on any atom is 0.0403 e. The first-order valence-corrected chi connectivity index (χ1v) is 7.98. The number of aromatic nitrogens is 1. The third-order valence-corrected chi connectivity index (χ3v) is 3.59. The van der Waals surface area contributed by atoms with Gasteiger partial charge < -0.3 is 0 Å². The predicted octanol–water partition coefficient (Wildman–Crippen LogP) is 5.79. The fraction of sp³-hybridized carbons (Fsp3) is 0.722. The molecule has 1 aromatic heterocycles. The van der Waals surface area contributed by atoms with Crippen LogP contribution in [0, 0.1) is 5.41 Å². The minimum Gasteiger partial charge on any atom is -0.261 e. The van der Waals surface area contributed by atoms with E-state index in [9.17, 15) is 0 Å². The Labute approximate surface area is 119 Å². The van der Waals surface area contributed by atoms with E-state index in [0.717, 1.165) is 6.42 Å². The first-order chi connectivity index (χ1) is 9.08. The lowest BCUT2D eigenvalue weighted by Gasteiger charge is -2.17. The summed E-state index contributed by atoms with van der Waals surface area (Å²) in [4.78, 5) is 4.36. The van der Waals surface area contributed by atoms with Gasteiger partial charge in [0.25, 0.3) is 0 Å². The third kappa shape index (κ3) is 9.69. The lowest BCUT2D eigenvalue weighted by atomic mass is 9.89. The highest BCUT2D eigenvalue weighted by Gasteiger charge is 2.08. The Bertz CT molecular complexity index is 310. The molecule has 0 saturated heterocycles. The van der Waals surface area contributed by atoms with Crippen molar-refractivity contribution in [2.24, 2.45) is 5.41 Å². The number of aryl methyl sites for hydroxylation is 1. The molecule has 0 aliphatic carbocycles. The Morgan fingerprint density at radius 3 is 2.05 bits per heavy atom. The highest BCUT2D eigenvalue weighted by atomic mass is 14.7. The number of rotatable bonds is 9. The molecule has 19 heavy (non-hydrogen) atoms. The highest BCUT2D eigenvalue weighted by Crippen LogP contribution is 2.22. The zero-order chi connectivity index (χ0) is 14.0. The Hall–Kier alpha value is -0.850. The van der Waals surface area contributed by atoms with E-state index in [1.807, 2.05) is 12.3 Å². The smallest absolute Gasteiger partial charge is 0.0403 e. The van der Waals surface area contributed by atoms with Gasteiger partial charge in [-0.1, -0.05) is 65.4 Å². The zero-order valence-electron chi connectivity index (χ0n) is 13.1. The molecule has 1 heterocycles. The van der Waals surface area contributed by atoms with Crippen LogP contribution in [0.1, 0.15) is 77.8 Å². The van der Waals surface area contributed by atoms with Crippen LogP contribution < -0.4 is 0 Å². The van der Waals surface area contributed by atoms with Crippen LogP contribution in [-0.4, -0.2) is 4.98 Å². The molecule has 0 bridgehead atoms. The molecule has 0 saturated carbocycles. The molecule has 108 valence electrons. The fourth-order valence-corrected chi connectivity index (χ4v) is 2.39. The van der Waals surface area contributed by atoms with E-state index in [1.165, 1.54) is 57.1 Å². The van der Waals surface area contributed by atoms with Crippen LogP contribution in [0.3, 0.4) is 0 Å². The van der Waals surface area contributed by atoms with Gasteiger partial charge in [0.05, 0.1) is 0 Å². The van der Waals surface area contributed by atoms with Crippen LogP contribution in [0.5, 0.6) is 0 Å². The molecule has 1 aromatic rings. The number of unbranched alkanes of at least 4 members (excludes halogenated alkanes) is 6. The first kappa shape index (κ1) is 16.2. The molecule has 0 atom stereocenters. The summed E-state index contributed by atoms with van der Waals surface area (Å²) < 4.78 is 0. The van der Waals surface area contributed by atoms with Gasteiger partial charge >= 0.3 is 0 Å². The van der Waals surface area contributed by atoms with Crippen molar-refractivity contribution in [1.82, 2.24) is 4.98 Å². The largest absolute Gasteiger partial charge is 0.261 e. The van der Waals surface area contributed by atoms with E-state index in [0.29, 0.717) is 5.41 Å². The first-order valence-electron chi connectivity index (χ1n) is 7.98. The Kier molecular flexibility index (Phi) is 7.78. The lowest BCUT2D eigenvalue weighted by molar-refractivity contribution is 0.356. The van der Waals surface area contributed by atoms with Crippen LogP contribution in [0.4, 0.5) is 0 Å². The second-order valence-electron chi connectivity index (χ2n) is 6.86. The van der Waals surface area contributed by atoms with E-state index in [-0.39, 0.29) is 0 Å². The van der Waals surface area contributed by atoms with Crippen molar-refractivity contribution in [3.8, 4) is 0 Å². The number of hydrogen-bond donors (Lipinski definition) is 0. The van der Waals surface area contributed by atoms with Gasteiger partial charge in [0.2, 0.25) is 0 Å².